The fourth-order valence-corrected chi connectivity index (χ4v) is 3.30. The van der Waals surface area contributed by atoms with Gasteiger partial charge >= 0.3 is 0 Å². The Labute approximate surface area is 178 Å². The molecule has 0 aromatic carbocycles. The van der Waals surface area contributed by atoms with Crippen LogP contribution in [0.25, 0.3) is 0 Å². The number of amides is 1. The molecule has 0 spiro atoms. The number of unbranched alkanes of at least 4 members (excludes halogenated alkanes) is 6. The molecule has 1 rings (SSSR count). The second-order valence-corrected chi connectivity index (χ2v) is 7.81. The lowest BCUT2D eigenvalue weighted by Gasteiger charge is -2.40. The first-order chi connectivity index (χ1) is 14.3. The SMILES string of the molecule is CCCCCCCC/C=C/C(O)C(COC1OC(CO)C(O)C(O)C1O)NC(C)=O. The van der Waals surface area contributed by atoms with Gasteiger partial charge in [0.2, 0.25) is 5.91 Å². The molecule has 0 aliphatic carbocycles. The Hall–Kier alpha value is -1.07. The van der Waals surface area contributed by atoms with E-state index in [1.165, 1.54) is 32.6 Å². The van der Waals surface area contributed by atoms with E-state index in [2.05, 4.69) is 12.2 Å². The Bertz CT molecular complexity index is 501. The summed E-state index contributed by atoms with van der Waals surface area (Å²) >= 11 is 0. The summed E-state index contributed by atoms with van der Waals surface area (Å²) in [7, 11) is 0. The maximum atomic E-state index is 11.5. The summed E-state index contributed by atoms with van der Waals surface area (Å²) in [4.78, 5) is 11.5. The molecule has 7 unspecified atom stereocenters. The third kappa shape index (κ3) is 9.38. The highest BCUT2D eigenvalue weighted by molar-refractivity contribution is 5.73. The molecule has 1 amide bonds. The highest BCUT2D eigenvalue weighted by atomic mass is 16.7. The number of aliphatic hydroxyl groups excluding tert-OH is 5. The van der Waals surface area contributed by atoms with Crippen LogP contribution in [0.15, 0.2) is 12.2 Å². The normalized spacial score (nSPS) is 29.1. The third-order valence-corrected chi connectivity index (χ3v) is 5.15. The number of carbonyl (C=O) groups excluding carboxylic acids is 1. The van der Waals surface area contributed by atoms with Crippen LogP contribution >= 0.6 is 0 Å². The zero-order chi connectivity index (χ0) is 22.5. The van der Waals surface area contributed by atoms with Gasteiger partial charge in [-0.25, -0.2) is 0 Å². The largest absolute Gasteiger partial charge is 0.394 e. The zero-order valence-corrected chi connectivity index (χ0v) is 18.0. The molecule has 0 radical (unpaired) electrons. The summed E-state index contributed by atoms with van der Waals surface area (Å²) < 4.78 is 10.7. The van der Waals surface area contributed by atoms with Gasteiger partial charge in [-0.05, 0) is 12.8 Å². The number of hydrogen-bond donors (Lipinski definition) is 6. The number of allylic oxidation sites excluding steroid dienone is 1. The van der Waals surface area contributed by atoms with Crippen LogP contribution in [-0.4, -0.2) is 87.5 Å². The van der Waals surface area contributed by atoms with Crippen LogP contribution in [0.2, 0.25) is 0 Å². The van der Waals surface area contributed by atoms with Gasteiger partial charge in [0.05, 0.1) is 25.4 Å². The molecule has 0 aromatic rings. The van der Waals surface area contributed by atoms with Gasteiger partial charge in [-0.2, -0.15) is 0 Å². The summed E-state index contributed by atoms with van der Waals surface area (Å²) in [5.74, 6) is -0.360. The second kappa shape index (κ2) is 14.9. The average molecular weight is 434 g/mol. The molecule has 30 heavy (non-hydrogen) atoms. The topological polar surface area (TPSA) is 149 Å². The Balaban J connectivity index is 2.52. The first-order valence-electron chi connectivity index (χ1n) is 10.9. The minimum Gasteiger partial charge on any atom is -0.394 e. The lowest BCUT2D eigenvalue weighted by Crippen LogP contribution is -2.60. The van der Waals surface area contributed by atoms with E-state index >= 15 is 0 Å². The van der Waals surface area contributed by atoms with E-state index in [1.807, 2.05) is 6.08 Å². The van der Waals surface area contributed by atoms with Gasteiger partial charge in [0.15, 0.2) is 6.29 Å². The predicted octanol–water partition coefficient (Wildman–Crippen LogP) is -0.0247. The Morgan fingerprint density at radius 2 is 1.77 bits per heavy atom. The van der Waals surface area contributed by atoms with Crippen LogP contribution in [0.4, 0.5) is 0 Å². The number of nitrogens with one attached hydrogen (secondary N) is 1. The minimum absolute atomic E-state index is 0.204. The monoisotopic (exact) mass is 433 g/mol. The molecule has 1 aliphatic rings. The van der Waals surface area contributed by atoms with Gasteiger partial charge in [-0.1, -0.05) is 51.2 Å². The molecule has 7 atom stereocenters. The number of ether oxygens (including phenoxy) is 2. The number of carbonyl (C=O) groups is 1. The lowest BCUT2D eigenvalue weighted by atomic mass is 9.99. The standard InChI is InChI=1S/C21H39NO8/c1-3-4-5-6-7-8-9-10-11-16(25)15(22-14(2)24)13-29-21-20(28)19(27)18(26)17(12-23)30-21/h10-11,15-21,23,25-28H,3-9,12-13H2,1-2H3,(H,22,24)/b11-10+. The van der Waals surface area contributed by atoms with Crippen molar-refractivity contribution < 1.29 is 39.8 Å². The van der Waals surface area contributed by atoms with E-state index < -0.39 is 49.5 Å². The molecule has 9 nitrogen and oxygen atoms in total. The van der Waals surface area contributed by atoms with Crippen LogP contribution in [0, 0.1) is 0 Å². The predicted molar refractivity (Wildman–Crippen MR) is 110 cm³/mol. The lowest BCUT2D eigenvalue weighted by molar-refractivity contribution is -0.302. The maximum Gasteiger partial charge on any atom is 0.217 e. The fourth-order valence-electron chi connectivity index (χ4n) is 3.30. The van der Waals surface area contributed by atoms with Crippen molar-refractivity contribution in [2.75, 3.05) is 13.2 Å². The van der Waals surface area contributed by atoms with Crippen molar-refractivity contribution in [2.45, 2.75) is 102 Å². The third-order valence-electron chi connectivity index (χ3n) is 5.15. The van der Waals surface area contributed by atoms with Gasteiger partial charge in [0.25, 0.3) is 0 Å². The van der Waals surface area contributed by atoms with Gasteiger partial charge in [0.1, 0.15) is 24.4 Å². The van der Waals surface area contributed by atoms with Crippen LogP contribution in [-0.2, 0) is 14.3 Å². The van der Waals surface area contributed by atoms with Crippen molar-refractivity contribution in [3.8, 4) is 0 Å². The molecule has 1 saturated heterocycles. The molecule has 176 valence electrons. The summed E-state index contributed by atoms with van der Waals surface area (Å²) in [6.07, 6.45) is 3.35. The Morgan fingerprint density at radius 3 is 2.40 bits per heavy atom. The van der Waals surface area contributed by atoms with Crippen molar-refractivity contribution in [1.82, 2.24) is 5.32 Å². The Kier molecular flexibility index (Phi) is 13.3. The summed E-state index contributed by atoms with van der Waals surface area (Å²) in [6, 6.07) is -0.796. The zero-order valence-electron chi connectivity index (χ0n) is 18.0. The number of rotatable bonds is 14. The second-order valence-electron chi connectivity index (χ2n) is 7.81. The first kappa shape index (κ1) is 27.0. The molecule has 0 saturated carbocycles. The number of hydrogen-bond acceptors (Lipinski definition) is 8. The highest BCUT2D eigenvalue weighted by Crippen LogP contribution is 2.22. The molecule has 6 N–H and O–H groups in total. The van der Waals surface area contributed by atoms with E-state index in [9.17, 15) is 30.3 Å². The van der Waals surface area contributed by atoms with E-state index in [0.29, 0.717) is 0 Å². The average Bonchev–Trinajstić information content (AvgIpc) is 2.72. The molecule has 0 aromatic heterocycles. The molecule has 1 aliphatic heterocycles. The Morgan fingerprint density at radius 1 is 1.10 bits per heavy atom. The molecule has 1 heterocycles. The van der Waals surface area contributed by atoms with Crippen molar-refractivity contribution in [1.29, 1.82) is 0 Å². The van der Waals surface area contributed by atoms with E-state index in [4.69, 9.17) is 9.47 Å². The number of aliphatic hydroxyl groups is 5. The summed E-state index contributed by atoms with van der Waals surface area (Å²) in [5.41, 5.74) is 0. The van der Waals surface area contributed by atoms with Crippen molar-refractivity contribution in [3.63, 3.8) is 0 Å². The van der Waals surface area contributed by atoms with Crippen molar-refractivity contribution >= 4 is 5.91 Å². The quantitative estimate of drug-likeness (QED) is 0.165. The maximum absolute atomic E-state index is 11.5. The van der Waals surface area contributed by atoms with Gasteiger partial charge < -0.3 is 40.3 Å². The van der Waals surface area contributed by atoms with Crippen molar-refractivity contribution in [3.05, 3.63) is 12.2 Å². The fraction of sp³-hybridized carbons (Fsp3) is 0.857. The molecule has 1 fully saturated rings. The minimum atomic E-state index is -1.55. The molecular formula is C21H39NO8. The van der Waals surface area contributed by atoms with Gasteiger partial charge in [-0.15, -0.1) is 0 Å². The summed E-state index contributed by atoms with van der Waals surface area (Å²) in [6.45, 7) is 2.72. The van der Waals surface area contributed by atoms with Crippen LogP contribution in [0.3, 0.4) is 0 Å². The smallest absolute Gasteiger partial charge is 0.217 e. The van der Waals surface area contributed by atoms with Gasteiger partial charge in [-0.3, -0.25) is 4.79 Å². The van der Waals surface area contributed by atoms with Crippen LogP contribution < -0.4 is 5.32 Å². The van der Waals surface area contributed by atoms with Crippen LogP contribution in [0.5, 0.6) is 0 Å². The highest BCUT2D eigenvalue weighted by Gasteiger charge is 2.44. The van der Waals surface area contributed by atoms with E-state index in [-0.39, 0.29) is 12.5 Å². The first-order valence-corrected chi connectivity index (χ1v) is 10.9. The van der Waals surface area contributed by atoms with E-state index in [0.717, 1.165) is 19.3 Å². The van der Waals surface area contributed by atoms with Gasteiger partial charge in [0, 0.05) is 6.92 Å². The van der Waals surface area contributed by atoms with Crippen LogP contribution in [0.1, 0.15) is 58.8 Å². The van der Waals surface area contributed by atoms with E-state index in [1.54, 1.807) is 6.08 Å². The molecule has 0 bridgehead atoms. The molecule has 9 heteroatoms. The molecular weight excluding hydrogens is 394 g/mol. The van der Waals surface area contributed by atoms with Crippen molar-refractivity contribution in [2.24, 2.45) is 0 Å². The summed E-state index contributed by atoms with van der Waals surface area (Å²) in [5, 5.41) is 51.9.